The molecule has 0 amide bonds. The Morgan fingerprint density at radius 2 is 1.13 bits per heavy atom. The van der Waals surface area contributed by atoms with Crippen molar-refractivity contribution in [3.05, 3.63) is 120 Å². The summed E-state index contributed by atoms with van der Waals surface area (Å²) in [7, 11) is 0. The van der Waals surface area contributed by atoms with Gasteiger partial charge >= 0.3 is 40.1 Å². The quantitative estimate of drug-likeness (QED) is 0.191. The first-order valence-corrected chi connectivity index (χ1v) is 9.90. The van der Waals surface area contributed by atoms with Crippen molar-refractivity contribution in [1.82, 2.24) is 4.90 Å². The molecule has 0 heterocycles. The van der Waals surface area contributed by atoms with E-state index in [4.69, 9.17) is 4.74 Å². The van der Waals surface area contributed by atoms with Gasteiger partial charge in [0.2, 0.25) is 0 Å². The second kappa shape index (κ2) is 18.6. The van der Waals surface area contributed by atoms with E-state index in [1.54, 1.807) is 0 Å². The summed E-state index contributed by atoms with van der Waals surface area (Å²) < 4.78 is 5.03. The monoisotopic (exact) mass is 499 g/mol. The van der Waals surface area contributed by atoms with Crippen LogP contribution in [0.3, 0.4) is 0 Å². The van der Waals surface area contributed by atoms with Gasteiger partial charge in [0.25, 0.3) is 0 Å². The van der Waals surface area contributed by atoms with Crippen molar-refractivity contribution in [2.75, 3.05) is 13.2 Å². The van der Waals surface area contributed by atoms with E-state index in [2.05, 4.69) is 29.2 Å². The number of hydrogen-bond acceptors (Lipinski definition) is 3. The molecular formula is C26H29Fe2NO2. The first kappa shape index (κ1) is 28.9. The second-order valence-electron chi connectivity index (χ2n) is 6.46. The molecule has 4 aromatic carbocycles. The fraction of sp³-hybridized carbons (Fsp3) is 0.192. The first-order valence-electron chi connectivity index (χ1n) is 9.90. The largest absolute Gasteiger partial charge is 2.00 e. The topological polar surface area (TPSA) is 29.5 Å². The van der Waals surface area contributed by atoms with Crippen LogP contribution in [0, 0.1) is 0 Å². The van der Waals surface area contributed by atoms with Gasteiger partial charge in [-0.1, -0.05) is 0 Å². The van der Waals surface area contributed by atoms with E-state index in [-0.39, 0.29) is 40.1 Å². The summed E-state index contributed by atoms with van der Waals surface area (Å²) in [4.78, 5) is 13.7. The maximum Gasteiger partial charge on any atom is 2.00 e. The molecule has 0 aliphatic carbocycles. The molecule has 0 N–H and O–H groups in total. The van der Waals surface area contributed by atoms with Gasteiger partial charge in [0.15, 0.2) is 0 Å². The molecule has 0 unspecified atom stereocenters. The Bertz CT molecular complexity index is 723. The SMILES string of the molecule is CCOC(=O)CN(C[c-]1cccc1)C[c-]1cccc1.[Fe+2].[Fe+2].c1cc[cH-]c1.c1cc[cH-]c1. The molecule has 0 radical (unpaired) electrons. The van der Waals surface area contributed by atoms with Gasteiger partial charge in [-0.15, -0.1) is 11.1 Å². The number of ether oxygens (including phenoxy) is 1. The van der Waals surface area contributed by atoms with E-state index < -0.39 is 0 Å². The molecule has 0 spiro atoms. The zero-order valence-corrected chi connectivity index (χ0v) is 19.9. The van der Waals surface area contributed by atoms with Crippen molar-refractivity contribution in [3.8, 4) is 0 Å². The molecule has 0 fully saturated rings. The molecule has 0 aliphatic heterocycles. The van der Waals surface area contributed by atoms with Crippen molar-refractivity contribution >= 4 is 5.97 Å². The summed E-state index contributed by atoms with van der Waals surface area (Å²) in [6, 6.07) is 36.3. The summed E-state index contributed by atoms with van der Waals surface area (Å²) in [5.41, 5.74) is 2.44. The minimum atomic E-state index is -0.166. The van der Waals surface area contributed by atoms with E-state index in [9.17, 15) is 4.79 Å². The van der Waals surface area contributed by atoms with Crippen LogP contribution in [0.5, 0.6) is 0 Å². The Morgan fingerprint density at radius 1 is 0.742 bits per heavy atom. The van der Waals surface area contributed by atoms with Gasteiger partial charge in [-0.05, 0) is 20.0 Å². The van der Waals surface area contributed by atoms with Crippen molar-refractivity contribution in [2.45, 2.75) is 20.0 Å². The molecule has 0 aliphatic rings. The third kappa shape index (κ3) is 13.7. The molecule has 0 saturated heterocycles. The zero-order chi connectivity index (χ0) is 20.6. The predicted octanol–water partition coefficient (Wildman–Crippen LogP) is 5.50. The standard InChI is InChI=1S/C16H19NO2.2C5H5.2Fe/c1-2-19-16(18)13-17(11-14-7-3-4-8-14)12-15-9-5-6-10-15;2*1-2-4-5-3-1;;/h3-10H,2,11-13H2,1H3;2*1-5H;;/q-2;2*-1;2*+2. The zero-order valence-electron chi connectivity index (χ0n) is 17.7. The number of carbonyl (C=O) groups is 1. The third-order valence-corrected chi connectivity index (χ3v) is 4.04. The molecular weight excluding hydrogens is 470 g/mol. The smallest absolute Gasteiger partial charge is 0.465 e. The summed E-state index contributed by atoms with van der Waals surface area (Å²) in [5.74, 6) is -0.166. The van der Waals surface area contributed by atoms with E-state index in [1.165, 1.54) is 11.1 Å². The normalized spacial score (nSPS) is 9.23. The van der Waals surface area contributed by atoms with E-state index in [1.807, 2.05) is 91.9 Å². The van der Waals surface area contributed by atoms with Crippen molar-refractivity contribution < 1.29 is 43.7 Å². The number of carbonyl (C=O) groups excluding carboxylic acids is 1. The van der Waals surface area contributed by atoms with Crippen LogP contribution in [-0.4, -0.2) is 24.0 Å². The number of esters is 1. The Hall–Kier alpha value is -2.13. The van der Waals surface area contributed by atoms with Gasteiger partial charge in [0.05, 0.1) is 13.2 Å². The van der Waals surface area contributed by atoms with Crippen LogP contribution in [0.2, 0.25) is 0 Å². The number of hydrogen-bond donors (Lipinski definition) is 0. The maximum absolute atomic E-state index is 11.6. The van der Waals surface area contributed by atoms with Gasteiger partial charge < -0.3 is 9.64 Å². The first-order chi connectivity index (χ1) is 14.3. The molecule has 0 aromatic heterocycles. The fourth-order valence-electron chi connectivity index (χ4n) is 2.75. The third-order valence-electron chi connectivity index (χ3n) is 4.04. The van der Waals surface area contributed by atoms with E-state index >= 15 is 0 Å². The Kier molecular flexibility index (Phi) is 17.3. The summed E-state index contributed by atoms with van der Waals surface area (Å²) >= 11 is 0. The number of nitrogens with zero attached hydrogens (tertiary/aromatic N) is 1. The number of rotatable bonds is 7. The molecule has 0 atom stereocenters. The van der Waals surface area contributed by atoms with Gasteiger partial charge in [-0.2, -0.15) is 60.7 Å². The average Bonchev–Trinajstić information content (AvgIpc) is 3.54. The van der Waals surface area contributed by atoms with Crippen molar-refractivity contribution in [3.63, 3.8) is 0 Å². The molecule has 4 rings (SSSR count). The summed E-state index contributed by atoms with van der Waals surface area (Å²) in [5, 5.41) is 0. The van der Waals surface area contributed by atoms with Crippen LogP contribution in [0.25, 0.3) is 0 Å². The van der Waals surface area contributed by atoms with Crippen molar-refractivity contribution in [2.24, 2.45) is 0 Å². The van der Waals surface area contributed by atoms with Crippen molar-refractivity contribution in [1.29, 1.82) is 0 Å². The van der Waals surface area contributed by atoms with Crippen LogP contribution in [0.15, 0.2) is 109 Å². The molecule has 4 aromatic rings. The maximum atomic E-state index is 11.6. The Labute approximate surface area is 207 Å². The minimum Gasteiger partial charge on any atom is -0.465 e. The van der Waals surface area contributed by atoms with Crippen LogP contribution >= 0.6 is 0 Å². The van der Waals surface area contributed by atoms with Gasteiger partial charge in [0.1, 0.15) is 0 Å². The molecule has 3 nitrogen and oxygen atoms in total. The fourth-order valence-corrected chi connectivity index (χ4v) is 2.75. The second-order valence-corrected chi connectivity index (χ2v) is 6.46. The van der Waals surface area contributed by atoms with Gasteiger partial charge in [-0.3, -0.25) is 4.79 Å². The van der Waals surface area contributed by atoms with Crippen LogP contribution in [0.4, 0.5) is 0 Å². The minimum absolute atomic E-state index is 0. The van der Waals surface area contributed by atoms with E-state index in [0.717, 1.165) is 13.1 Å². The van der Waals surface area contributed by atoms with Gasteiger partial charge in [0, 0.05) is 0 Å². The molecule has 166 valence electrons. The molecule has 31 heavy (non-hydrogen) atoms. The molecule has 0 saturated carbocycles. The molecule has 5 heteroatoms. The Balaban J connectivity index is 0.000000615. The van der Waals surface area contributed by atoms with Crippen LogP contribution in [0.1, 0.15) is 18.1 Å². The van der Waals surface area contributed by atoms with Crippen LogP contribution in [-0.2, 0) is 56.8 Å². The predicted molar refractivity (Wildman–Crippen MR) is 119 cm³/mol. The molecule has 0 bridgehead atoms. The van der Waals surface area contributed by atoms with Crippen LogP contribution < -0.4 is 0 Å². The summed E-state index contributed by atoms with van der Waals surface area (Å²) in [6.45, 7) is 4.11. The van der Waals surface area contributed by atoms with Gasteiger partial charge in [-0.25, -0.2) is 48.5 Å². The average molecular weight is 499 g/mol. The Morgan fingerprint density at radius 3 is 1.42 bits per heavy atom. The summed E-state index contributed by atoms with van der Waals surface area (Å²) in [6.07, 6.45) is 0. The van der Waals surface area contributed by atoms with E-state index in [0.29, 0.717) is 13.2 Å².